The summed E-state index contributed by atoms with van der Waals surface area (Å²) in [6.45, 7) is 0. The Morgan fingerprint density at radius 3 is 1.38 bits per heavy atom. The van der Waals surface area contributed by atoms with Gasteiger partial charge in [-0.1, -0.05) is 71.7 Å². The second-order valence-corrected chi connectivity index (χ2v) is 7.51. The lowest BCUT2D eigenvalue weighted by Gasteiger charge is -2.11. The van der Waals surface area contributed by atoms with Crippen LogP contribution >= 0.6 is 23.2 Å². The lowest BCUT2D eigenvalue weighted by molar-refractivity contribution is 0.426. The molecule has 0 bridgehead atoms. The van der Waals surface area contributed by atoms with E-state index in [1.165, 1.54) is 0 Å². The Kier molecular flexibility index (Phi) is 5.70. The minimum absolute atomic E-state index is 0.443. The lowest BCUT2D eigenvalue weighted by atomic mass is 9.80. The van der Waals surface area contributed by atoms with Crippen molar-refractivity contribution < 1.29 is 10.0 Å². The van der Waals surface area contributed by atoms with E-state index in [4.69, 9.17) is 28.2 Å². The molecule has 0 unspecified atom stereocenters. The molecule has 2 N–H and O–H groups in total. The van der Waals surface area contributed by atoms with Gasteiger partial charge in [0.25, 0.3) is 0 Å². The van der Waals surface area contributed by atoms with E-state index in [2.05, 4.69) is 0 Å². The molecular formula is C23H16BCl2NO2. The summed E-state index contributed by atoms with van der Waals surface area (Å²) >= 11 is 12.1. The third kappa shape index (κ3) is 4.52. The van der Waals surface area contributed by atoms with Crippen LogP contribution < -0.4 is 5.46 Å². The largest absolute Gasteiger partial charge is 0.488 e. The zero-order valence-electron chi connectivity index (χ0n) is 15.3. The minimum atomic E-state index is -1.49. The Morgan fingerprint density at radius 1 is 0.552 bits per heavy atom. The summed E-state index contributed by atoms with van der Waals surface area (Å²) in [5.74, 6) is 0. The van der Waals surface area contributed by atoms with E-state index in [9.17, 15) is 10.0 Å². The van der Waals surface area contributed by atoms with Gasteiger partial charge in [-0.15, -0.1) is 0 Å². The van der Waals surface area contributed by atoms with Gasteiger partial charge in [0.05, 0.1) is 11.4 Å². The van der Waals surface area contributed by atoms with Crippen LogP contribution in [0.2, 0.25) is 10.0 Å². The van der Waals surface area contributed by atoms with Gasteiger partial charge in [-0.3, -0.25) is 0 Å². The molecule has 29 heavy (non-hydrogen) atoms. The summed E-state index contributed by atoms with van der Waals surface area (Å²) < 4.78 is 0. The van der Waals surface area contributed by atoms with E-state index < -0.39 is 7.12 Å². The van der Waals surface area contributed by atoms with Crippen molar-refractivity contribution in [2.75, 3.05) is 0 Å². The van der Waals surface area contributed by atoms with Crippen LogP contribution in [0.4, 0.5) is 0 Å². The maximum atomic E-state index is 9.34. The summed E-state index contributed by atoms with van der Waals surface area (Å²) in [4.78, 5) is 4.84. The molecule has 0 saturated heterocycles. The minimum Gasteiger partial charge on any atom is -0.423 e. The summed E-state index contributed by atoms with van der Waals surface area (Å²) in [6, 6.07) is 26.2. The standard InChI is InChI=1S/C23H16BCl2NO2/c25-20-9-3-16(4-10-20)22-13-18(15-1-7-19(8-2-15)24(28)29)14-23(27-22)17-5-11-21(26)12-6-17/h1-14,28-29H. The highest BCUT2D eigenvalue weighted by Crippen LogP contribution is 2.31. The normalized spacial score (nSPS) is 10.8. The zero-order chi connectivity index (χ0) is 20.4. The fraction of sp³-hybridized carbons (Fsp3) is 0. The lowest BCUT2D eigenvalue weighted by Crippen LogP contribution is -2.29. The van der Waals surface area contributed by atoms with Crippen LogP contribution in [0.15, 0.2) is 84.9 Å². The van der Waals surface area contributed by atoms with E-state index in [0.29, 0.717) is 15.5 Å². The molecule has 4 aromatic rings. The van der Waals surface area contributed by atoms with Gasteiger partial charge in [0.2, 0.25) is 0 Å². The highest BCUT2D eigenvalue weighted by Gasteiger charge is 2.12. The van der Waals surface area contributed by atoms with Crippen LogP contribution in [-0.4, -0.2) is 22.2 Å². The van der Waals surface area contributed by atoms with Crippen LogP contribution in [0, 0.1) is 0 Å². The zero-order valence-corrected chi connectivity index (χ0v) is 16.8. The fourth-order valence-corrected chi connectivity index (χ4v) is 3.33. The van der Waals surface area contributed by atoms with E-state index in [-0.39, 0.29) is 0 Å². The predicted molar refractivity (Wildman–Crippen MR) is 120 cm³/mol. The molecule has 0 aliphatic carbocycles. The topological polar surface area (TPSA) is 53.4 Å². The van der Waals surface area contributed by atoms with E-state index in [0.717, 1.165) is 33.6 Å². The highest BCUT2D eigenvalue weighted by molar-refractivity contribution is 6.58. The first kappa shape index (κ1) is 19.7. The quantitative estimate of drug-likeness (QED) is 0.454. The maximum absolute atomic E-state index is 9.34. The Hall–Kier alpha value is -2.63. The smallest absolute Gasteiger partial charge is 0.423 e. The molecule has 3 aromatic carbocycles. The van der Waals surface area contributed by atoms with Crippen molar-refractivity contribution in [3.63, 3.8) is 0 Å². The number of pyridine rings is 1. The molecule has 4 rings (SSSR count). The van der Waals surface area contributed by atoms with Crippen molar-refractivity contribution in [2.24, 2.45) is 0 Å². The van der Waals surface area contributed by atoms with Crippen molar-refractivity contribution in [3.8, 4) is 33.6 Å². The summed E-state index contributed by atoms with van der Waals surface area (Å²) in [5.41, 5.74) is 5.89. The van der Waals surface area contributed by atoms with Gasteiger partial charge >= 0.3 is 7.12 Å². The molecule has 0 amide bonds. The molecule has 1 aromatic heterocycles. The molecule has 0 aliphatic heterocycles. The molecule has 0 spiro atoms. The van der Waals surface area contributed by atoms with Gasteiger partial charge in [-0.05, 0) is 53.0 Å². The van der Waals surface area contributed by atoms with Crippen molar-refractivity contribution in [3.05, 3.63) is 95.0 Å². The molecule has 1 heterocycles. The van der Waals surface area contributed by atoms with Crippen molar-refractivity contribution >= 4 is 35.8 Å². The second-order valence-electron chi connectivity index (χ2n) is 6.64. The van der Waals surface area contributed by atoms with Crippen LogP contribution in [-0.2, 0) is 0 Å². The third-order valence-corrected chi connectivity index (χ3v) is 5.15. The van der Waals surface area contributed by atoms with Crippen LogP contribution in [0.25, 0.3) is 33.6 Å². The number of hydrogen-bond acceptors (Lipinski definition) is 3. The van der Waals surface area contributed by atoms with E-state index in [1.54, 1.807) is 12.1 Å². The SMILES string of the molecule is OB(O)c1ccc(-c2cc(-c3ccc(Cl)cc3)nc(-c3ccc(Cl)cc3)c2)cc1. The predicted octanol–water partition coefficient (Wildman–Crippen LogP) is 5.07. The molecule has 0 atom stereocenters. The Bertz CT molecular complexity index is 1070. The molecule has 142 valence electrons. The average Bonchev–Trinajstić information content (AvgIpc) is 2.74. The second kappa shape index (κ2) is 8.40. The molecular weight excluding hydrogens is 404 g/mol. The number of rotatable bonds is 4. The van der Waals surface area contributed by atoms with Crippen LogP contribution in [0.1, 0.15) is 0 Å². The Morgan fingerprint density at radius 2 is 0.966 bits per heavy atom. The van der Waals surface area contributed by atoms with Gasteiger partial charge in [0.1, 0.15) is 0 Å². The number of benzene rings is 3. The maximum Gasteiger partial charge on any atom is 0.488 e. The summed E-state index contributed by atoms with van der Waals surface area (Å²) in [5, 5.41) is 20.0. The molecule has 3 nitrogen and oxygen atoms in total. The van der Waals surface area contributed by atoms with Crippen LogP contribution in [0.5, 0.6) is 0 Å². The van der Waals surface area contributed by atoms with Gasteiger partial charge in [0.15, 0.2) is 0 Å². The Balaban J connectivity index is 1.85. The molecule has 0 saturated carbocycles. The summed E-state index contributed by atoms with van der Waals surface area (Å²) in [7, 11) is -1.49. The Labute approximate surface area is 179 Å². The van der Waals surface area contributed by atoms with Gasteiger partial charge in [-0.2, -0.15) is 0 Å². The van der Waals surface area contributed by atoms with Crippen molar-refractivity contribution in [1.82, 2.24) is 4.98 Å². The first-order valence-electron chi connectivity index (χ1n) is 9.00. The first-order chi connectivity index (χ1) is 14.0. The highest BCUT2D eigenvalue weighted by atomic mass is 35.5. The monoisotopic (exact) mass is 419 g/mol. The summed E-state index contributed by atoms with van der Waals surface area (Å²) in [6.07, 6.45) is 0. The van der Waals surface area contributed by atoms with Gasteiger partial charge in [-0.25, -0.2) is 4.98 Å². The first-order valence-corrected chi connectivity index (χ1v) is 9.75. The number of halogens is 2. The number of aromatic nitrogens is 1. The molecule has 0 fully saturated rings. The van der Waals surface area contributed by atoms with Gasteiger partial charge < -0.3 is 10.0 Å². The van der Waals surface area contributed by atoms with E-state index in [1.807, 2.05) is 72.8 Å². The van der Waals surface area contributed by atoms with Crippen molar-refractivity contribution in [1.29, 1.82) is 0 Å². The molecule has 0 radical (unpaired) electrons. The molecule has 6 heteroatoms. The van der Waals surface area contributed by atoms with E-state index >= 15 is 0 Å². The average molecular weight is 420 g/mol. The third-order valence-electron chi connectivity index (χ3n) is 4.65. The number of hydrogen-bond donors (Lipinski definition) is 2. The fourth-order valence-electron chi connectivity index (χ4n) is 3.08. The number of nitrogens with zero attached hydrogens (tertiary/aromatic N) is 1. The van der Waals surface area contributed by atoms with Gasteiger partial charge in [0, 0.05) is 21.2 Å². The molecule has 0 aliphatic rings. The van der Waals surface area contributed by atoms with Crippen molar-refractivity contribution in [2.45, 2.75) is 0 Å². The van der Waals surface area contributed by atoms with Crippen LogP contribution in [0.3, 0.4) is 0 Å².